The van der Waals surface area contributed by atoms with E-state index in [4.69, 9.17) is 4.74 Å². The van der Waals surface area contributed by atoms with Crippen LogP contribution in [0.1, 0.15) is 13.8 Å². The molecule has 12 heavy (non-hydrogen) atoms. The van der Waals surface area contributed by atoms with Gasteiger partial charge < -0.3 is 4.74 Å². The fraction of sp³-hybridized carbons (Fsp3) is 0.667. The average molecular weight is 169 g/mol. The Labute approximate surface area is 73.0 Å². The molecule has 0 saturated carbocycles. The highest BCUT2D eigenvalue weighted by molar-refractivity contribution is 5.86. The van der Waals surface area contributed by atoms with Gasteiger partial charge in [-0.25, -0.2) is 4.79 Å². The highest BCUT2D eigenvalue weighted by Gasteiger charge is 2.24. The predicted octanol–water partition coefficient (Wildman–Crippen LogP) is 0.810. The van der Waals surface area contributed by atoms with Gasteiger partial charge in [0.25, 0.3) is 0 Å². The van der Waals surface area contributed by atoms with Crippen LogP contribution in [0, 0.1) is 0 Å². The van der Waals surface area contributed by atoms with Gasteiger partial charge in [0.15, 0.2) is 0 Å². The molecule has 1 saturated heterocycles. The van der Waals surface area contributed by atoms with E-state index >= 15 is 0 Å². The van der Waals surface area contributed by atoms with Crippen molar-refractivity contribution >= 4 is 5.97 Å². The van der Waals surface area contributed by atoms with E-state index in [1.54, 1.807) is 6.92 Å². The zero-order chi connectivity index (χ0) is 9.14. The average Bonchev–Trinajstić information content (AvgIpc) is 2.81. The number of hydrogen-bond donors (Lipinski definition) is 0. The van der Waals surface area contributed by atoms with Crippen LogP contribution < -0.4 is 0 Å². The molecule has 0 amide bonds. The van der Waals surface area contributed by atoms with Crippen LogP contribution in [0.2, 0.25) is 0 Å². The Morgan fingerprint density at radius 2 is 2.25 bits per heavy atom. The lowest BCUT2D eigenvalue weighted by Gasteiger charge is -2.12. The summed E-state index contributed by atoms with van der Waals surface area (Å²) in [6, 6.07) is 0.355. The Kier molecular flexibility index (Phi) is 2.87. The standard InChI is InChI=1S/C9H15NO2/c1-7(2)9(11)12-6-8(3)10-4-5-10/h8H,1,4-6H2,2-3H3. The van der Waals surface area contributed by atoms with Crippen LogP contribution in [-0.4, -0.2) is 36.6 Å². The number of rotatable bonds is 4. The summed E-state index contributed by atoms with van der Waals surface area (Å²) in [4.78, 5) is 13.2. The first kappa shape index (κ1) is 9.26. The third-order valence-corrected chi connectivity index (χ3v) is 1.91. The fourth-order valence-corrected chi connectivity index (χ4v) is 0.923. The number of nitrogens with zero attached hydrogens (tertiary/aromatic N) is 1. The molecular weight excluding hydrogens is 154 g/mol. The molecule has 0 aliphatic carbocycles. The Balaban J connectivity index is 2.15. The number of carbonyl (C=O) groups is 1. The number of ether oxygens (including phenoxy) is 1. The summed E-state index contributed by atoms with van der Waals surface area (Å²) >= 11 is 0. The molecular formula is C9H15NO2. The molecule has 3 nitrogen and oxygen atoms in total. The molecule has 0 bridgehead atoms. The quantitative estimate of drug-likeness (QED) is 0.354. The minimum Gasteiger partial charge on any atom is -0.461 e. The predicted molar refractivity (Wildman–Crippen MR) is 46.8 cm³/mol. The maximum absolute atomic E-state index is 10.9. The largest absolute Gasteiger partial charge is 0.461 e. The summed E-state index contributed by atoms with van der Waals surface area (Å²) in [7, 11) is 0. The van der Waals surface area contributed by atoms with E-state index in [-0.39, 0.29) is 5.97 Å². The van der Waals surface area contributed by atoms with Crippen molar-refractivity contribution in [2.45, 2.75) is 19.9 Å². The van der Waals surface area contributed by atoms with Crippen LogP contribution in [-0.2, 0) is 9.53 Å². The van der Waals surface area contributed by atoms with Gasteiger partial charge in [-0.1, -0.05) is 6.58 Å². The van der Waals surface area contributed by atoms with Crippen LogP contribution >= 0.6 is 0 Å². The molecule has 1 aliphatic heterocycles. The van der Waals surface area contributed by atoms with Crippen molar-refractivity contribution in [3.05, 3.63) is 12.2 Å². The molecule has 0 N–H and O–H groups in total. The highest BCUT2D eigenvalue weighted by atomic mass is 16.5. The zero-order valence-electron chi connectivity index (χ0n) is 7.67. The Bertz CT molecular complexity index is 197. The molecule has 1 heterocycles. The van der Waals surface area contributed by atoms with Crippen molar-refractivity contribution in [1.82, 2.24) is 4.90 Å². The summed E-state index contributed by atoms with van der Waals surface area (Å²) in [5, 5.41) is 0. The van der Waals surface area contributed by atoms with Gasteiger partial charge in [0.05, 0.1) is 0 Å². The Hall–Kier alpha value is -0.830. The molecule has 0 aromatic rings. The normalized spacial score (nSPS) is 18.5. The Morgan fingerprint density at radius 1 is 1.67 bits per heavy atom. The Morgan fingerprint density at radius 3 is 2.67 bits per heavy atom. The van der Waals surface area contributed by atoms with E-state index in [0.717, 1.165) is 13.1 Å². The van der Waals surface area contributed by atoms with Gasteiger partial charge in [-0.2, -0.15) is 0 Å². The summed E-state index contributed by atoms with van der Waals surface area (Å²) < 4.78 is 4.99. The second-order valence-electron chi connectivity index (χ2n) is 3.26. The second kappa shape index (κ2) is 3.72. The van der Waals surface area contributed by atoms with Crippen molar-refractivity contribution in [2.24, 2.45) is 0 Å². The van der Waals surface area contributed by atoms with E-state index in [9.17, 15) is 4.79 Å². The molecule has 1 rings (SSSR count). The lowest BCUT2D eigenvalue weighted by molar-refractivity contribution is -0.139. The smallest absolute Gasteiger partial charge is 0.333 e. The van der Waals surface area contributed by atoms with Crippen molar-refractivity contribution < 1.29 is 9.53 Å². The molecule has 1 atom stereocenters. The highest BCUT2D eigenvalue weighted by Crippen LogP contribution is 2.10. The molecule has 0 aromatic heterocycles. The summed E-state index contributed by atoms with van der Waals surface area (Å²) in [5.74, 6) is -0.288. The topological polar surface area (TPSA) is 29.3 Å². The van der Waals surface area contributed by atoms with Gasteiger partial charge in [0.2, 0.25) is 0 Å². The zero-order valence-corrected chi connectivity index (χ0v) is 7.67. The van der Waals surface area contributed by atoms with Gasteiger partial charge in [-0.3, -0.25) is 4.90 Å². The van der Waals surface area contributed by atoms with E-state index in [2.05, 4.69) is 18.4 Å². The SMILES string of the molecule is C=C(C)C(=O)OCC(C)N1CC1. The van der Waals surface area contributed by atoms with Gasteiger partial charge in [-0.05, 0) is 13.8 Å². The number of carbonyl (C=O) groups excluding carboxylic acids is 1. The van der Waals surface area contributed by atoms with Crippen LogP contribution in [0.15, 0.2) is 12.2 Å². The van der Waals surface area contributed by atoms with E-state index in [1.165, 1.54) is 0 Å². The van der Waals surface area contributed by atoms with E-state index < -0.39 is 0 Å². The summed E-state index contributed by atoms with van der Waals surface area (Å²) in [5.41, 5.74) is 0.466. The molecule has 3 heteroatoms. The molecule has 1 fully saturated rings. The first-order valence-electron chi connectivity index (χ1n) is 4.18. The van der Waals surface area contributed by atoms with E-state index in [1.807, 2.05) is 0 Å². The monoisotopic (exact) mass is 169 g/mol. The molecule has 68 valence electrons. The van der Waals surface area contributed by atoms with Gasteiger partial charge in [0, 0.05) is 24.7 Å². The molecule has 1 unspecified atom stereocenters. The van der Waals surface area contributed by atoms with Gasteiger partial charge >= 0.3 is 5.97 Å². The van der Waals surface area contributed by atoms with Crippen molar-refractivity contribution in [3.8, 4) is 0 Å². The molecule has 0 spiro atoms. The fourth-order valence-electron chi connectivity index (χ4n) is 0.923. The first-order chi connectivity index (χ1) is 5.61. The molecule has 1 aliphatic rings. The third kappa shape index (κ3) is 2.66. The van der Waals surface area contributed by atoms with Crippen LogP contribution in [0.4, 0.5) is 0 Å². The maximum Gasteiger partial charge on any atom is 0.333 e. The van der Waals surface area contributed by atoms with Crippen LogP contribution in [0.5, 0.6) is 0 Å². The van der Waals surface area contributed by atoms with Gasteiger partial charge in [-0.15, -0.1) is 0 Å². The second-order valence-corrected chi connectivity index (χ2v) is 3.26. The maximum atomic E-state index is 10.9. The first-order valence-corrected chi connectivity index (χ1v) is 4.18. The molecule has 0 radical (unpaired) electrons. The lowest BCUT2D eigenvalue weighted by Crippen LogP contribution is -2.23. The third-order valence-electron chi connectivity index (χ3n) is 1.91. The van der Waals surface area contributed by atoms with Crippen LogP contribution in [0.25, 0.3) is 0 Å². The van der Waals surface area contributed by atoms with Gasteiger partial charge in [0.1, 0.15) is 6.61 Å². The van der Waals surface area contributed by atoms with Crippen LogP contribution in [0.3, 0.4) is 0 Å². The number of esters is 1. The van der Waals surface area contributed by atoms with E-state index in [0.29, 0.717) is 18.2 Å². The minimum absolute atomic E-state index is 0.288. The van der Waals surface area contributed by atoms with Crippen molar-refractivity contribution in [1.29, 1.82) is 0 Å². The summed E-state index contributed by atoms with van der Waals surface area (Å²) in [6.45, 7) is 9.96. The minimum atomic E-state index is -0.288. The number of hydrogen-bond acceptors (Lipinski definition) is 3. The summed E-state index contributed by atoms with van der Waals surface area (Å²) in [6.07, 6.45) is 0. The lowest BCUT2D eigenvalue weighted by atomic mass is 10.3. The van der Waals surface area contributed by atoms with Crippen molar-refractivity contribution in [3.63, 3.8) is 0 Å². The van der Waals surface area contributed by atoms with Crippen molar-refractivity contribution in [2.75, 3.05) is 19.7 Å². The molecule has 0 aromatic carbocycles.